The highest BCUT2D eigenvalue weighted by molar-refractivity contribution is 5.93. The molecule has 1 aromatic rings. The third-order valence-corrected chi connectivity index (χ3v) is 4.53. The minimum absolute atomic E-state index is 0.0514. The summed E-state index contributed by atoms with van der Waals surface area (Å²) in [7, 11) is 0. The maximum Gasteiger partial charge on any atom is 0.330 e. The van der Waals surface area contributed by atoms with Gasteiger partial charge < -0.3 is 25.0 Å². The first-order valence-electron chi connectivity index (χ1n) is 8.24. The third kappa shape index (κ3) is 3.57. The normalized spacial score (nSPS) is 30.3. The number of rotatable bonds is 5. The lowest BCUT2D eigenvalue weighted by Crippen LogP contribution is -2.43. The molecular formula is C16H21N3O7. The summed E-state index contributed by atoms with van der Waals surface area (Å²) < 4.78 is 11.8. The van der Waals surface area contributed by atoms with Crippen molar-refractivity contribution in [3.05, 3.63) is 44.9 Å². The topological polar surface area (TPSA) is 143 Å². The Kier molecular flexibility index (Phi) is 4.99. The number of aliphatic hydroxyl groups excluding tert-OH is 2. The number of carbonyl (C=O) groups excluding carboxylic acids is 1. The lowest BCUT2D eigenvalue weighted by atomic mass is 10.0. The van der Waals surface area contributed by atoms with Crippen molar-refractivity contribution in [1.82, 2.24) is 14.9 Å². The molecule has 1 saturated heterocycles. The van der Waals surface area contributed by atoms with E-state index in [1.54, 1.807) is 6.26 Å². The van der Waals surface area contributed by atoms with Gasteiger partial charge in [0.2, 0.25) is 0 Å². The van der Waals surface area contributed by atoms with Gasteiger partial charge in [-0.3, -0.25) is 19.1 Å². The number of ether oxygens (including phenoxy) is 2. The van der Waals surface area contributed by atoms with Crippen LogP contribution in [-0.2, 0) is 9.47 Å². The zero-order chi connectivity index (χ0) is 18.9. The number of hydrogen-bond donors (Lipinski definition) is 4. The average Bonchev–Trinajstić information content (AvgIpc) is 3.19. The van der Waals surface area contributed by atoms with Gasteiger partial charge in [-0.1, -0.05) is 0 Å². The highest BCUT2D eigenvalue weighted by Crippen LogP contribution is 2.27. The van der Waals surface area contributed by atoms with Crippen molar-refractivity contribution in [3.63, 3.8) is 0 Å². The Balaban J connectivity index is 1.78. The fraction of sp³-hybridized carbons (Fsp3) is 0.562. The van der Waals surface area contributed by atoms with E-state index in [1.807, 2.05) is 13.0 Å². The minimum Gasteiger partial charge on any atom is -0.493 e. The van der Waals surface area contributed by atoms with Gasteiger partial charge in [-0.05, 0) is 13.0 Å². The Bertz CT molecular complexity index is 820. The average molecular weight is 367 g/mol. The van der Waals surface area contributed by atoms with E-state index in [0.717, 1.165) is 10.8 Å². The van der Waals surface area contributed by atoms with Crippen LogP contribution in [0.3, 0.4) is 0 Å². The van der Waals surface area contributed by atoms with Crippen molar-refractivity contribution in [1.29, 1.82) is 0 Å². The molecule has 3 rings (SSSR count). The monoisotopic (exact) mass is 367 g/mol. The van der Waals surface area contributed by atoms with Gasteiger partial charge in [-0.15, -0.1) is 0 Å². The molecule has 0 unspecified atom stereocenters. The standard InChI is InChI=1S/C16H21N3O7/c1-16(3-2-4-25-16)8-17-13(22)9-6-19(15(24)18-14(9)23)12-5-10(21)11(7-20)26-12/h2,4,6,10-12,20-21H,3,5,7-8H2,1H3,(H,17,22)(H,18,23,24)/t10-,11+,12+,16+/m0/s1. The molecule has 0 aromatic carbocycles. The Morgan fingerprint density at radius 2 is 2.27 bits per heavy atom. The lowest BCUT2D eigenvalue weighted by molar-refractivity contribution is -0.0459. The highest BCUT2D eigenvalue weighted by atomic mass is 16.5. The quantitative estimate of drug-likeness (QED) is 0.501. The second-order valence-electron chi connectivity index (χ2n) is 6.65. The van der Waals surface area contributed by atoms with Gasteiger partial charge in [-0.2, -0.15) is 0 Å². The maximum atomic E-state index is 12.4. The summed E-state index contributed by atoms with van der Waals surface area (Å²) in [6.07, 6.45) is 2.49. The molecule has 10 nitrogen and oxygen atoms in total. The van der Waals surface area contributed by atoms with Gasteiger partial charge in [0, 0.05) is 19.0 Å². The second kappa shape index (κ2) is 7.06. The molecule has 26 heavy (non-hydrogen) atoms. The Morgan fingerprint density at radius 1 is 1.50 bits per heavy atom. The number of nitrogens with one attached hydrogen (secondary N) is 2. The minimum atomic E-state index is -0.951. The molecule has 142 valence electrons. The van der Waals surface area contributed by atoms with E-state index in [4.69, 9.17) is 14.6 Å². The van der Waals surface area contributed by atoms with Gasteiger partial charge in [0.1, 0.15) is 23.5 Å². The van der Waals surface area contributed by atoms with E-state index < -0.39 is 47.8 Å². The molecule has 0 saturated carbocycles. The van der Waals surface area contributed by atoms with Crippen molar-refractivity contribution in [2.75, 3.05) is 13.2 Å². The van der Waals surface area contributed by atoms with Crippen molar-refractivity contribution >= 4 is 5.91 Å². The van der Waals surface area contributed by atoms with E-state index in [1.165, 1.54) is 0 Å². The largest absolute Gasteiger partial charge is 0.493 e. The first-order valence-corrected chi connectivity index (χ1v) is 8.24. The summed E-state index contributed by atoms with van der Waals surface area (Å²) in [5.41, 5.74) is -2.43. The molecule has 4 atom stereocenters. The smallest absolute Gasteiger partial charge is 0.330 e. The zero-order valence-corrected chi connectivity index (χ0v) is 14.2. The van der Waals surface area contributed by atoms with Crippen LogP contribution in [0, 0.1) is 0 Å². The first kappa shape index (κ1) is 18.4. The van der Waals surface area contributed by atoms with E-state index in [9.17, 15) is 19.5 Å². The summed E-state index contributed by atoms with van der Waals surface area (Å²) in [4.78, 5) is 38.5. The molecule has 10 heteroatoms. The summed E-state index contributed by atoms with van der Waals surface area (Å²) >= 11 is 0. The van der Waals surface area contributed by atoms with Gasteiger partial charge in [0.15, 0.2) is 0 Å². The number of aromatic amines is 1. The van der Waals surface area contributed by atoms with Gasteiger partial charge in [0.05, 0.1) is 25.5 Å². The van der Waals surface area contributed by atoms with Crippen molar-refractivity contribution in [2.45, 2.75) is 43.8 Å². The molecule has 1 aromatic heterocycles. The molecule has 0 bridgehead atoms. The fourth-order valence-corrected chi connectivity index (χ4v) is 2.95. The molecular weight excluding hydrogens is 346 g/mol. The van der Waals surface area contributed by atoms with E-state index in [-0.39, 0.29) is 18.5 Å². The van der Waals surface area contributed by atoms with Crippen LogP contribution < -0.4 is 16.6 Å². The van der Waals surface area contributed by atoms with Crippen LogP contribution >= 0.6 is 0 Å². The van der Waals surface area contributed by atoms with Crippen molar-refractivity contribution < 1.29 is 24.5 Å². The number of H-pyrrole nitrogens is 1. The van der Waals surface area contributed by atoms with Gasteiger partial charge >= 0.3 is 5.69 Å². The molecule has 0 radical (unpaired) electrons. The van der Waals surface area contributed by atoms with E-state index in [2.05, 4.69) is 10.3 Å². The predicted molar refractivity (Wildman–Crippen MR) is 88.5 cm³/mol. The molecule has 1 fully saturated rings. The molecule has 0 spiro atoms. The SMILES string of the molecule is C[C@]1(CNC(=O)c2cn([C@H]3C[C@H](O)[C@@H](CO)O3)c(=O)[nH]c2=O)CC=CO1. The first-order chi connectivity index (χ1) is 12.3. The fourth-order valence-electron chi connectivity index (χ4n) is 2.95. The van der Waals surface area contributed by atoms with Crippen LogP contribution in [0.25, 0.3) is 0 Å². The van der Waals surface area contributed by atoms with Gasteiger partial charge in [-0.25, -0.2) is 4.79 Å². The number of nitrogens with zero attached hydrogens (tertiary/aromatic N) is 1. The Labute approximate surface area is 148 Å². The molecule has 0 aliphatic carbocycles. The maximum absolute atomic E-state index is 12.4. The lowest BCUT2D eigenvalue weighted by Gasteiger charge is -2.24. The van der Waals surface area contributed by atoms with Crippen LogP contribution in [0.15, 0.2) is 28.1 Å². The van der Waals surface area contributed by atoms with Crippen LogP contribution in [0.5, 0.6) is 0 Å². The predicted octanol–water partition coefficient (Wildman–Crippen LogP) is -1.40. The van der Waals surface area contributed by atoms with Crippen LogP contribution in [0.1, 0.15) is 36.4 Å². The van der Waals surface area contributed by atoms with E-state index in [0.29, 0.717) is 6.42 Å². The highest BCUT2D eigenvalue weighted by Gasteiger charge is 2.35. The summed E-state index contributed by atoms with van der Waals surface area (Å²) in [5, 5.41) is 21.6. The van der Waals surface area contributed by atoms with Crippen LogP contribution in [0.2, 0.25) is 0 Å². The molecule has 1 amide bonds. The number of carbonyl (C=O) groups is 1. The zero-order valence-electron chi connectivity index (χ0n) is 14.2. The van der Waals surface area contributed by atoms with Gasteiger partial charge in [0.25, 0.3) is 11.5 Å². The van der Waals surface area contributed by atoms with Crippen molar-refractivity contribution in [3.8, 4) is 0 Å². The number of aliphatic hydroxyl groups is 2. The number of amides is 1. The number of aromatic nitrogens is 2. The summed E-state index contributed by atoms with van der Waals surface area (Å²) in [5.74, 6) is -0.658. The third-order valence-electron chi connectivity index (χ3n) is 4.53. The number of hydrogen-bond acceptors (Lipinski definition) is 7. The van der Waals surface area contributed by atoms with Crippen LogP contribution in [0.4, 0.5) is 0 Å². The Morgan fingerprint density at radius 3 is 2.88 bits per heavy atom. The van der Waals surface area contributed by atoms with E-state index >= 15 is 0 Å². The van der Waals surface area contributed by atoms with Crippen LogP contribution in [-0.4, -0.2) is 56.6 Å². The second-order valence-corrected chi connectivity index (χ2v) is 6.65. The van der Waals surface area contributed by atoms with Crippen molar-refractivity contribution in [2.24, 2.45) is 0 Å². The molecule has 4 N–H and O–H groups in total. The summed E-state index contributed by atoms with van der Waals surface area (Å²) in [6.45, 7) is 1.60. The molecule has 2 aliphatic heterocycles. The molecule has 2 aliphatic rings. The Hall–Kier alpha value is -2.43. The molecule has 3 heterocycles. The summed E-state index contributed by atoms with van der Waals surface area (Å²) in [6, 6.07) is 0.